The Balaban J connectivity index is 4.08. The number of rotatable bonds is 6. The highest BCUT2D eigenvalue weighted by Crippen LogP contribution is 2.01. The number of nitrogens with one attached hydrogen (secondary N) is 1. The topological polar surface area (TPSA) is 55.4 Å². The third-order valence-electron chi connectivity index (χ3n) is 1.72. The van der Waals surface area contributed by atoms with Gasteiger partial charge >= 0.3 is 6.09 Å². The second-order valence-corrected chi connectivity index (χ2v) is 4.32. The molecule has 0 fully saturated rings. The molecular weight excluding hydrogens is 214 g/mol. The van der Waals surface area contributed by atoms with Crippen molar-refractivity contribution in [1.82, 2.24) is 5.32 Å². The molecule has 0 saturated heterocycles. The monoisotopic (exact) mass is 233 g/mol. The Bertz CT molecular complexity index is 219. The predicted molar refractivity (Wildman–Crippen MR) is 62.2 cm³/mol. The highest BCUT2D eigenvalue weighted by molar-refractivity contribution is 7.99. The molecule has 1 N–H and O–H groups in total. The van der Waals surface area contributed by atoms with E-state index in [2.05, 4.69) is 5.32 Å². The van der Waals surface area contributed by atoms with Crippen molar-refractivity contribution in [1.29, 1.82) is 0 Å². The van der Waals surface area contributed by atoms with E-state index in [0.29, 0.717) is 12.2 Å². The molecule has 0 aliphatic rings. The van der Waals surface area contributed by atoms with Crippen LogP contribution in [0.25, 0.3) is 0 Å². The molecule has 0 spiro atoms. The molecule has 0 aromatic heterocycles. The lowest BCUT2D eigenvalue weighted by molar-refractivity contribution is -0.118. The lowest BCUT2D eigenvalue weighted by Crippen LogP contribution is -2.42. The molecule has 15 heavy (non-hydrogen) atoms. The van der Waals surface area contributed by atoms with Crippen LogP contribution in [0.15, 0.2) is 0 Å². The average molecular weight is 233 g/mol. The Hall–Kier alpha value is -0.710. The Kier molecular flexibility index (Phi) is 7.21. The van der Waals surface area contributed by atoms with Gasteiger partial charge in [0.2, 0.25) is 0 Å². The van der Waals surface area contributed by atoms with Gasteiger partial charge in [0.25, 0.3) is 0 Å². The van der Waals surface area contributed by atoms with Gasteiger partial charge in [0.15, 0.2) is 5.78 Å². The van der Waals surface area contributed by atoms with E-state index in [-0.39, 0.29) is 11.9 Å². The van der Waals surface area contributed by atoms with Crippen LogP contribution in [0.2, 0.25) is 0 Å². The number of Topliss-reactive ketones (excluding diaryl/α,β-unsaturated/α-hetero) is 1. The third kappa shape index (κ3) is 6.38. The average Bonchev–Trinajstić information content (AvgIpc) is 2.13. The third-order valence-corrected chi connectivity index (χ3v) is 2.29. The molecule has 0 heterocycles. The lowest BCUT2D eigenvalue weighted by Gasteiger charge is -2.16. The maximum Gasteiger partial charge on any atom is 0.407 e. The summed E-state index contributed by atoms with van der Waals surface area (Å²) in [5.74, 6) is 0.450. The molecule has 1 unspecified atom stereocenters. The molecule has 0 aromatic rings. The lowest BCUT2D eigenvalue weighted by atomic mass is 10.1. The van der Waals surface area contributed by atoms with Gasteiger partial charge in [-0.3, -0.25) is 4.79 Å². The zero-order chi connectivity index (χ0) is 11.8. The molecule has 1 atom stereocenters. The van der Waals surface area contributed by atoms with E-state index >= 15 is 0 Å². The number of hydrogen-bond acceptors (Lipinski definition) is 4. The van der Waals surface area contributed by atoms with Crippen LogP contribution in [-0.4, -0.2) is 36.0 Å². The molecule has 0 saturated carbocycles. The summed E-state index contributed by atoms with van der Waals surface area (Å²) in [6.07, 6.45) is 1.76. The van der Waals surface area contributed by atoms with E-state index in [1.54, 1.807) is 13.8 Å². The minimum atomic E-state index is -0.522. The van der Waals surface area contributed by atoms with Crippen LogP contribution in [0.5, 0.6) is 0 Å². The van der Waals surface area contributed by atoms with Gasteiger partial charge in [-0.25, -0.2) is 4.79 Å². The Morgan fingerprint density at radius 3 is 2.40 bits per heavy atom. The van der Waals surface area contributed by atoms with E-state index in [4.69, 9.17) is 4.74 Å². The minimum absolute atomic E-state index is 0.0331. The first-order chi connectivity index (χ1) is 7.01. The fourth-order valence-corrected chi connectivity index (χ4v) is 1.53. The Morgan fingerprint density at radius 1 is 1.40 bits per heavy atom. The molecule has 0 bridgehead atoms. The first kappa shape index (κ1) is 14.3. The number of alkyl carbamates (subject to hydrolysis) is 1. The van der Waals surface area contributed by atoms with Gasteiger partial charge in [0.1, 0.15) is 0 Å². The minimum Gasteiger partial charge on any atom is -0.447 e. The smallest absolute Gasteiger partial charge is 0.407 e. The van der Waals surface area contributed by atoms with Crippen LogP contribution >= 0.6 is 11.8 Å². The number of hydrogen-bond donors (Lipinski definition) is 1. The van der Waals surface area contributed by atoms with E-state index < -0.39 is 12.1 Å². The van der Waals surface area contributed by atoms with Gasteiger partial charge in [-0.15, -0.1) is 0 Å². The molecule has 5 heteroatoms. The Labute approximate surface area is 95.1 Å². The summed E-state index contributed by atoms with van der Waals surface area (Å²) in [4.78, 5) is 22.7. The zero-order valence-electron chi connectivity index (χ0n) is 9.70. The van der Waals surface area contributed by atoms with Gasteiger partial charge in [-0.2, -0.15) is 11.8 Å². The highest BCUT2D eigenvalue weighted by Gasteiger charge is 2.19. The quantitative estimate of drug-likeness (QED) is 0.760. The predicted octanol–water partition coefficient (Wildman–Crippen LogP) is 1.83. The maximum absolute atomic E-state index is 11.5. The van der Waals surface area contributed by atoms with Gasteiger partial charge in [0, 0.05) is 0 Å². The van der Waals surface area contributed by atoms with Crippen molar-refractivity contribution in [3.05, 3.63) is 0 Å². The molecule has 1 amide bonds. The van der Waals surface area contributed by atoms with Crippen LogP contribution in [0.1, 0.15) is 27.2 Å². The van der Waals surface area contributed by atoms with Crippen LogP contribution in [-0.2, 0) is 9.53 Å². The number of carbonyl (C=O) groups excluding carboxylic acids is 2. The van der Waals surface area contributed by atoms with Crippen LogP contribution in [0.3, 0.4) is 0 Å². The first-order valence-corrected chi connectivity index (χ1v) is 6.39. The molecular formula is C10H19NO3S. The molecule has 0 aliphatic carbocycles. The molecule has 0 radical (unpaired) electrons. The van der Waals surface area contributed by atoms with Crippen LogP contribution in [0.4, 0.5) is 4.79 Å². The number of amides is 1. The summed E-state index contributed by atoms with van der Waals surface area (Å²) in [6.45, 7) is 5.40. The second-order valence-electron chi connectivity index (χ2n) is 3.46. The fourth-order valence-electron chi connectivity index (χ4n) is 1.04. The summed E-state index contributed by atoms with van der Waals surface area (Å²) < 4.78 is 4.90. The molecule has 88 valence electrons. The molecule has 0 aromatic carbocycles. The largest absolute Gasteiger partial charge is 0.447 e. The summed E-state index contributed by atoms with van der Waals surface area (Å²) in [5.41, 5.74) is 0. The summed E-state index contributed by atoms with van der Waals surface area (Å²) >= 11 is 1.45. The summed E-state index contributed by atoms with van der Waals surface area (Å²) in [7, 11) is 0. The second kappa shape index (κ2) is 7.56. The van der Waals surface area contributed by atoms with Gasteiger partial charge in [-0.1, -0.05) is 6.92 Å². The van der Waals surface area contributed by atoms with Crippen molar-refractivity contribution in [3.8, 4) is 0 Å². The summed E-state index contributed by atoms with van der Waals surface area (Å²) in [6, 6.07) is -0.427. The van der Waals surface area contributed by atoms with Crippen molar-refractivity contribution in [2.75, 3.05) is 12.0 Å². The van der Waals surface area contributed by atoms with Crippen molar-refractivity contribution in [3.63, 3.8) is 0 Å². The fraction of sp³-hybridized carbons (Fsp3) is 0.800. The van der Waals surface area contributed by atoms with E-state index in [1.165, 1.54) is 11.8 Å². The van der Waals surface area contributed by atoms with Gasteiger partial charge in [0.05, 0.1) is 17.9 Å². The molecule has 0 rings (SSSR count). The zero-order valence-corrected chi connectivity index (χ0v) is 10.5. The first-order valence-electron chi connectivity index (χ1n) is 5.00. The number of carbonyl (C=O) groups is 2. The number of thioether (sulfide) groups is 1. The molecule has 4 nitrogen and oxygen atoms in total. The SMILES string of the molecule is CCC(NC(=O)OC(C)C)C(=O)CSC. The highest BCUT2D eigenvalue weighted by atomic mass is 32.2. The van der Waals surface area contributed by atoms with E-state index in [9.17, 15) is 9.59 Å². The number of ether oxygens (including phenoxy) is 1. The van der Waals surface area contributed by atoms with Crippen molar-refractivity contribution in [2.45, 2.75) is 39.3 Å². The summed E-state index contributed by atoms with van der Waals surface area (Å²) in [5, 5.41) is 2.56. The van der Waals surface area contributed by atoms with Crippen LogP contribution < -0.4 is 5.32 Å². The molecule has 0 aliphatic heterocycles. The van der Waals surface area contributed by atoms with Crippen molar-refractivity contribution in [2.24, 2.45) is 0 Å². The van der Waals surface area contributed by atoms with E-state index in [0.717, 1.165) is 0 Å². The standard InChI is InChI=1S/C10H19NO3S/c1-5-8(9(12)6-15-4)11-10(13)14-7(2)3/h7-8H,5-6H2,1-4H3,(H,11,13). The normalized spacial score (nSPS) is 12.3. The maximum atomic E-state index is 11.5. The Morgan fingerprint density at radius 2 is 2.00 bits per heavy atom. The number of ketones is 1. The van der Waals surface area contributed by atoms with Crippen LogP contribution in [0, 0.1) is 0 Å². The van der Waals surface area contributed by atoms with Gasteiger partial charge in [-0.05, 0) is 26.5 Å². The van der Waals surface area contributed by atoms with Gasteiger partial charge < -0.3 is 10.1 Å². The van der Waals surface area contributed by atoms with Crippen molar-refractivity contribution >= 4 is 23.6 Å². The van der Waals surface area contributed by atoms with E-state index in [1.807, 2.05) is 13.2 Å². The van der Waals surface area contributed by atoms with Crippen molar-refractivity contribution < 1.29 is 14.3 Å².